The van der Waals surface area contributed by atoms with Gasteiger partial charge in [0.25, 0.3) is 0 Å². The van der Waals surface area contributed by atoms with Gasteiger partial charge in [0.1, 0.15) is 13.5 Å². The minimum absolute atomic E-state index is 0.434. The van der Waals surface area contributed by atoms with E-state index in [-0.39, 0.29) is 0 Å². The van der Waals surface area contributed by atoms with Gasteiger partial charge in [0.2, 0.25) is 5.79 Å². The highest BCUT2D eigenvalue weighted by atomic mass is 17.3. The molecule has 0 radical (unpaired) electrons. The van der Waals surface area contributed by atoms with Crippen LogP contribution in [0.4, 0.5) is 0 Å². The van der Waals surface area contributed by atoms with Gasteiger partial charge in [0.05, 0.1) is 0 Å². The van der Waals surface area contributed by atoms with Crippen LogP contribution in [0.1, 0.15) is 58.3 Å². The molecule has 2 atom stereocenters. The first-order valence-electron chi connectivity index (χ1n) is 8.16. The van der Waals surface area contributed by atoms with Gasteiger partial charge < -0.3 is 0 Å². The summed E-state index contributed by atoms with van der Waals surface area (Å²) in [4.78, 5) is 24.3. The first kappa shape index (κ1) is 14.7. The van der Waals surface area contributed by atoms with E-state index in [1.54, 1.807) is 0 Å². The van der Waals surface area contributed by atoms with Crippen LogP contribution < -0.4 is 0 Å². The minimum Gasteiger partial charge on any atom is -0.252 e. The van der Waals surface area contributed by atoms with Gasteiger partial charge in [0.15, 0.2) is 0 Å². The first-order chi connectivity index (χ1) is 9.82. The zero-order valence-electron chi connectivity index (χ0n) is 12.5. The Bertz CT molecular complexity index is 302. The van der Waals surface area contributed by atoms with Crippen LogP contribution in [-0.2, 0) is 19.6 Å². The quantitative estimate of drug-likeness (QED) is 0.573. The van der Waals surface area contributed by atoms with Crippen molar-refractivity contribution in [3.05, 3.63) is 0 Å². The SMILES string of the molecule is CCCCCCN1COOC2(CC3CCC2C3)OOC1. The van der Waals surface area contributed by atoms with E-state index in [1.165, 1.54) is 32.1 Å². The number of hydrogen-bond donors (Lipinski definition) is 0. The summed E-state index contributed by atoms with van der Waals surface area (Å²) in [5, 5.41) is 0. The van der Waals surface area contributed by atoms with Crippen molar-refractivity contribution >= 4 is 0 Å². The lowest BCUT2D eigenvalue weighted by molar-refractivity contribution is -0.548. The topological polar surface area (TPSA) is 40.2 Å². The van der Waals surface area contributed by atoms with Gasteiger partial charge in [-0.05, 0) is 31.6 Å². The maximum atomic E-state index is 5.63. The van der Waals surface area contributed by atoms with Crippen molar-refractivity contribution in [3.63, 3.8) is 0 Å². The van der Waals surface area contributed by atoms with Crippen molar-refractivity contribution in [3.8, 4) is 0 Å². The van der Waals surface area contributed by atoms with Gasteiger partial charge in [-0.3, -0.25) is 4.90 Å². The van der Waals surface area contributed by atoms with E-state index in [1.807, 2.05) is 0 Å². The third-order valence-electron chi connectivity index (χ3n) is 4.93. The fourth-order valence-electron chi connectivity index (χ4n) is 3.78. The Kier molecular flexibility index (Phi) is 4.94. The number of nitrogens with zero attached hydrogens (tertiary/aromatic N) is 1. The lowest BCUT2D eigenvalue weighted by Gasteiger charge is -2.37. The van der Waals surface area contributed by atoms with Crippen LogP contribution in [-0.4, -0.2) is 30.7 Å². The maximum absolute atomic E-state index is 5.63. The molecule has 0 aromatic rings. The smallest absolute Gasteiger partial charge is 0.237 e. The molecule has 0 aromatic carbocycles. The summed E-state index contributed by atoms with van der Waals surface area (Å²) >= 11 is 0. The van der Waals surface area contributed by atoms with Crippen molar-refractivity contribution in [1.29, 1.82) is 0 Å². The molecule has 0 amide bonds. The fraction of sp³-hybridized carbons (Fsp3) is 1.00. The van der Waals surface area contributed by atoms with Gasteiger partial charge in [-0.15, -0.1) is 0 Å². The molecular weight excluding hydrogens is 258 g/mol. The zero-order chi connectivity index (χ0) is 13.8. The average molecular weight is 285 g/mol. The summed E-state index contributed by atoms with van der Waals surface area (Å²) in [7, 11) is 0. The van der Waals surface area contributed by atoms with Crippen LogP contribution in [0.5, 0.6) is 0 Å². The molecule has 5 heteroatoms. The lowest BCUT2D eigenvalue weighted by Crippen LogP contribution is -2.46. The molecule has 116 valence electrons. The number of unbranched alkanes of at least 4 members (excludes halogenated alkanes) is 3. The summed E-state index contributed by atoms with van der Waals surface area (Å²) in [5.74, 6) is 0.525. The molecule has 2 unspecified atom stereocenters. The predicted octanol–water partition coefficient (Wildman–Crippen LogP) is 3.21. The fourth-order valence-corrected chi connectivity index (χ4v) is 3.78. The van der Waals surface area contributed by atoms with Crippen LogP contribution in [0, 0.1) is 11.8 Å². The second kappa shape index (κ2) is 6.71. The van der Waals surface area contributed by atoms with Crippen molar-refractivity contribution in [2.45, 2.75) is 64.1 Å². The Labute approximate surface area is 121 Å². The van der Waals surface area contributed by atoms with Gasteiger partial charge >= 0.3 is 0 Å². The Balaban J connectivity index is 1.43. The van der Waals surface area contributed by atoms with Crippen molar-refractivity contribution in [1.82, 2.24) is 4.90 Å². The molecule has 0 aromatic heterocycles. The van der Waals surface area contributed by atoms with Crippen molar-refractivity contribution in [2.24, 2.45) is 11.8 Å². The van der Waals surface area contributed by atoms with Gasteiger partial charge in [-0.2, -0.15) is 9.78 Å². The van der Waals surface area contributed by atoms with Gasteiger partial charge in [0, 0.05) is 18.9 Å². The maximum Gasteiger partial charge on any atom is 0.237 e. The standard InChI is InChI=1S/C15H27NO4/c1-2-3-4-5-8-16-11-17-19-15(20-18-12-16)10-13-6-7-14(15)9-13/h13-14H,2-12H2,1H3. The number of rotatable bonds is 5. The Morgan fingerprint density at radius 2 is 1.85 bits per heavy atom. The molecule has 5 nitrogen and oxygen atoms in total. The largest absolute Gasteiger partial charge is 0.252 e. The second-order valence-corrected chi connectivity index (χ2v) is 6.51. The molecule has 3 rings (SSSR count). The third-order valence-corrected chi connectivity index (χ3v) is 4.93. The van der Waals surface area contributed by atoms with E-state index < -0.39 is 5.79 Å². The monoisotopic (exact) mass is 285 g/mol. The molecular formula is C15H27NO4. The highest BCUT2D eigenvalue weighted by molar-refractivity contribution is 4.96. The summed E-state index contributed by atoms with van der Waals surface area (Å²) < 4.78 is 0. The second-order valence-electron chi connectivity index (χ2n) is 6.51. The van der Waals surface area contributed by atoms with E-state index in [0.717, 1.165) is 31.7 Å². The third kappa shape index (κ3) is 3.17. The lowest BCUT2D eigenvalue weighted by atomic mass is 9.94. The highest BCUT2D eigenvalue weighted by Crippen LogP contribution is 2.53. The van der Waals surface area contributed by atoms with Crippen LogP contribution in [0.3, 0.4) is 0 Å². The normalized spacial score (nSPS) is 33.5. The first-order valence-corrected chi connectivity index (χ1v) is 8.16. The van der Waals surface area contributed by atoms with Crippen LogP contribution >= 0.6 is 0 Å². The zero-order valence-corrected chi connectivity index (χ0v) is 12.5. The molecule has 2 saturated carbocycles. The molecule has 1 heterocycles. The predicted molar refractivity (Wildman–Crippen MR) is 73.1 cm³/mol. The molecule has 3 aliphatic rings. The van der Waals surface area contributed by atoms with E-state index in [4.69, 9.17) is 19.6 Å². The highest BCUT2D eigenvalue weighted by Gasteiger charge is 2.56. The molecule has 20 heavy (non-hydrogen) atoms. The van der Waals surface area contributed by atoms with Crippen LogP contribution in [0.25, 0.3) is 0 Å². The Morgan fingerprint density at radius 1 is 1.05 bits per heavy atom. The van der Waals surface area contributed by atoms with Gasteiger partial charge in [-0.25, -0.2) is 9.78 Å². The van der Waals surface area contributed by atoms with E-state index in [9.17, 15) is 0 Å². The minimum atomic E-state index is -0.628. The van der Waals surface area contributed by atoms with E-state index in [2.05, 4.69) is 11.8 Å². The molecule has 0 N–H and O–H groups in total. The van der Waals surface area contributed by atoms with Crippen LogP contribution in [0.15, 0.2) is 0 Å². The molecule has 1 saturated heterocycles. The van der Waals surface area contributed by atoms with Crippen molar-refractivity contribution < 1.29 is 19.6 Å². The molecule has 1 spiro atoms. The van der Waals surface area contributed by atoms with E-state index in [0.29, 0.717) is 19.4 Å². The molecule has 3 fully saturated rings. The van der Waals surface area contributed by atoms with Gasteiger partial charge in [-0.1, -0.05) is 26.2 Å². The number of fused-ring (bicyclic) bond motifs is 3. The Morgan fingerprint density at radius 3 is 2.45 bits per heavy atom. The molecule has 2 aliphatic carbocycles. The van der Waals surface area contributed by atoms with Crippen LogP contribution in [0.2, 0.25) is 0 Å². The number of hydrogen-bond acceptors (Lipinski definition) is 5. The Hall–Kier alpha value is -0.200. The summed E-state index contributed by atoms with van der Waals surface area (Å²) in [5.41, 5.74) is 0. The summed E-state index contributed by atoms with van der Waals surface area (Å²) in [6, 6.07) is 0. The average Bonchev–Trinajstić information content (AvgIpc) is 3.01. The molecule has 1 aliphatic heterocycles. The summed E-state index contributed by atoms with van der Waals surface area (Å²) in [6.45, 7) is 4.12. The van der Waals surface area contributed by atoms with Crippen molar-refractivity contribution in [2.75, 3.05) is 20.0 Å². The molecule has 2 bridgehead atoms. The van der Waals surface area contributed by atoms with E-state index >= 15 is 0 Å². The summed E-state index contributed by atoms with van der Waals surface area (Å²) in [6.07, 6.45) is 9.51.